The van der Waals surface area contributed by atoms with Crippen LogP contribution in [0.5, 0.6) is 5.88 Å². The monoisotopic (exact) mass is 681 g/mol. The lowest BCUT2D eigenvalue weighted by Gasteiger charge is -2.23. The lowest BCUT2D eigenvalue weighted by molar-refractivity contribution is -0.123. The average molecular weight is 682 g/mol. The highest BCUT2D eigenvalue weighted by molar-refractivity contribution is 6.00. The van der Waals surface area contributed by atoms with E-state index in [0.29, 0.717) is 35.2 Å². The summed E-state index contributed by atoms with van der Waals surface area (Å²) in [5, 5.41) is 9.13. The summed E-state index contributed by atoms with van der Waals surface area (Å²) in [5.74, 6) is -0.913. The summed E-state index contributed by atoms with van der Waals surface area (Å²) in [6.45, 7) is 0.522. The fraction of sp³-hybridized carbons (Fsp3) is 0.314. The molecular weight excluding hydrogens is 646 g/mol. The molecule has 1 unspecified atom stereocenters. The Morgan fingerprint density at radius 2 is 1.86 bits per heavy atom. The van der Waals surface area contributed by atoms with Crippen LogP contribution in [0.15, 0.2) is 79.0 Å². The molecule has 1 saturated heterocycles. The number of fused-ring (bicyclic) bond motifs is 1. The minimum atomic E-state index is -4.56. The molecule has 3 heterocycles. The summed E-state index contributed by atoms with van der Waals surface area (Å²) in [5.41, 5.74) is 1.74. The summed E-state index contributed by atoms with van der Waals surface area (Å²) in [7, 11) is 1.47. The maximum Gasteiger partial charge on any atom is 0.407 e. The lowest BCUT2D eigenvalue weighted by Crippen LogP contribution is -2.29. The molecule has 1 aliphatic heterocycles. The first-order chi connectivity index (χ1) is 23.6. The first-order valence-electron chi connectivity index (χ1n) is 15.7. The van der Waals surface area contributed by atoms with Crippen LogP contribution in [-0.4, -0.2) is 66.4 Å². The Morgan fingerprint density at radius 3 is 2.55 bits per heavy atom. The van der Waals surface area contributed by atoms with Gasteiger partial charge in [-0.1, -0.05) is 36.4 Å². The van der Waals surface area contributed by atoms with Crippen molar-refractivity contribution in [2.75, 3.05) is 33.4 Å². The van der Waals surface area contributed by atoms with E-state index >= 15 is 4.39 Å². The van der Waals surface area contributed by atoms with E-state index in [2.05, 4.69) is 20.7 Å². The highest BCUT2D eigenvalue weighted by Gasteiger charge is 2.32. The Balaban J connectivity index is 1.41. The number of hydrogen-bond acceptors (Lipinski definition) is 7. The number of carbonyl (C=O) groups excluding carboxylic acids is 2. The number of halogens is 4. The maximum atomic E-state index is 15.3. The van der Waals surface area contributed by atoms with E-state index in [-0.39, 0.29) is 48.1 Å². The molecule has 1 aliphatic rings. The van der Waals surface area contributed by atoms with Crippen molar-refractivity contribution in [1.29, 1.82) is 0 Å². The maximum absolute atomic E-state index is 15.3. The van der Waals surface area contributed by atoms with Crippen molar-refractivity contribution in [3.8, 4) is 5.88 Å². The Kier molecular flexibility index (Phi) is 11.6. The minimum Gasteiger partial charge on any atom is -0.476 e. The Labute approximate surface area is 279 Å². The second-order valence-electron chi connectivity index (χ2n) is 11.1. The van der Waals surface area contributed by atoms with Gasteiger partial charge in [0.2, 0.25) is 17.7 Å². The highest BCUT2D eigenvalue weighted by Crippen LogP contribution is 2.40. The van der Waals surface area contributed by atoms with E-state index < -0.39 is 30.9 Å². The number of alkyl halides is 3. The molecule has 4 aromatic rings. The van der Waals surface area contributed by atoms with E-state index in [9.17, 15) is 22.8 Å². The zero-order chi connectivity index (χ0) is 34.8. The summed E-state index contributed by atoms with van der Waals surface area (Å²) >= 11 is 0. The van der Waals surface area contributed by atoms with Gasteiger partial charge in [0.25, 0.3) is 0 Å². The normalized spacial score (nSPS) is 15.6. The Hall–Kier alpha value is -5.24. The molecule has 258 valence electrons. The van der Waals surface area contributed by atoms with Gasteiger partial charge in [0, 0.05) is 37.6 Å². The second-order valence-corrected chi connectivity index (χ2v) is 11.1. The van der Waals surface area contributed by atoms with Crippen molar-refractivity contribution < 1.29 is 41.4 Å². The van der Waals surface area contributed by atoms with Crippen LogP contribution in [0.2, 0.25) is 0 Å². The number of allylic oxidation sites excluding steroid dienone is 1. The standard InChI is InChI=1S/C35H35F4N5O5/c1-40-29(45)10-7-18-49-34(46)41-16-19-47-30-15-13-25(22-42-30)32(27(21-35(37,38)39)23-8-3-2-4-9-23)24-12-14-28-26(20-24)33(36)43-44(28)31-11-5-6-17-48-31/h2-4,7-10,12-15,20,22,31H,5-6,11,16-19,21H2,1H3,(H,40,45)(H,41,46)/b10-7+,32-27-. The number of aromatic nitrogens is 3. The van der Waals surface area contributed by atoms with E-state index in [1.807, 2.05) is 0 Å². The molecule has 1 fully saturated rings. The highest BCUT2D eigenvalue weighted by atomic mass is 19.4. The number of likely N-dealkylation sites (N-methyl/N-ethyl adjacent to an activating group) is 1. The smallest absolute Gasteiger partial charge is 0.407 e. The van der Waals surface area contributed by atoms with E-state index in [1.54, 1.807) is 48.5 Å². The van der Waals surface area contributed by atoms with Crippen LogP contribution < -0.4 is 15.4 Å². The fourth-order valence-corrected chi connectivity index (χ4v) is 5.42. The number of alkyl carbamates (subject to hydrolysis) is 1. The van der Waals surface area contributed by atoms with Crippen molar-refractivity contribution in [3.05, 3.63) is 102 Å². The molecule has 2 N–H and O–H groups in total. The van der Waals surface area contributed by atoms with Crippen molar-refractivity contribution in [1.82, 2.24) is 25.4 Å². The topological polar surface area (TPSA) is 117 Å². The van der Waals surface area contributed by atoms with Crippen LogP contribution in [0.25, 0.3) is 22.0 Å². The molecule has 2 amide bonds. The number of benzene rings is 2. The van der Waals surface area contributed by atoms with Gasteiger partial charge in [-0.2, -0.15) is 17.6 Å². The van der Waals surface area contributed by atoms with Crippen molar-refractivity contribution in [3.63, 3.8) is 0 Å². The predicted octanol–water partition coefficient (Wildman–Crippen LogP) is 6.59. The largest absolute Gasteiger partial charge is 0.476 e. The van der Waals surface area contributed by atoms with Gasteiger partial charge in [-0.25, -0.2) is 14.5 Å². The van der Waals surface area contributed by atoms with Gasteiger partial charge in [0.15, 0.2) is 6.23 Å². The minimum absolute atomic E-state index is 0.0146. The van der Waals surface area contributed by atoms with Crippen LogP contribution in [0.4, 0.5) is 22.4 Å². The molecule has 0 spiro atoms. The second kappa shape index (κ2) is 16.2. The summed E-state index contributed by atoms with van der Waals surface area (Å²) < 4.78 is 75.5. The molecule has 1 atom stereocenters. The lowest BCUT2D eigenvalue weighted by atomic mass is 9.88. The van der Waals surface area contributed by atoms with Crippen molar-refractivity contribution in [2.45, 2.75) is 38.1 Å². The van der Waals surface area contributed by atoms with E-state index in [0.717, 1.165) is 12.8 Å². The van der Waals surface area contributed by atoms with Gasteiger partial charge in [-0.05, 0) is 65.8 Å². The number of ether oxygens (including phenoxy) is 3. The molecule has 10 nitrogen and oxygen atoms in total. The Morgan fingerprint density at radius 1 is 1.06 bits per heavy atom. The molecule has 2 aromatic heterocycles. The van der Waals surface area contributed by atoms with Crippen LogP contribution >= 0.6 is 0 Å². The predicted molar refractivity (Wildman–Crippen MR) is 174 cm³/mol. The van der Waals surface area contributed by atoms with E-state index in [1.165, 1.54) is 42.2 Å². The quantitative estimate of drug-likeness (QED) is 0.0751. The number of rotatable bonds is 12. The third-order valence-corrected chi connectivity index (χ3v) is 7.65. The number of nitrogens with one attached hydrogen (secondary N) is 2. The van der Waals surface area contributed by atoms with Gasteiger partial charge in [0.05, 0.1) is 23.9 Å². The Bertz CT molecular complexity index is 1800. The van der Waals surface area contributed by atoms with Crippen LogP contribution in [-0.2, 0) is 14.3 Å². The first-order valence-corrected chi connectivity index (χ1v) is 15.7. The number of amides is 2. The van der Waals surface area contributed by atoms with Crippen LogP contribution in [0.1, 0.15) is 48.6 Å². The third kappa shape index (κ3) is 9.44. The zero-order valence-corrected chi connectivity index (χ0v) is 26.6. The summed E-state index contributed by atoms with van der Waals surface area (Å²) in [6, 6.07) is 16.1. The van der Waals surface area contributed by atoms with Gasteiger partial charge in [-0.3, -0.25) is 4.79 Å². The summed E-state index contributed by atoms with van der Waals surface area (Å²) in [4.78, 5) is 27.3. The number of hydrogen-bond donors (Lipinski definition) is 2. The molecule has 49 heavy (non-hydrogen) atoms. The molecule has 5 rings (SSSR count). The van der Waals surface area contributed by atoms with Crippen molar-refractivity contribution >= 4 is 34.0 Å². The van der Waals surface area contributed by atoms with Gasteiger partial charge >= 0.3 is 12.3 Å². The summed E-state index contributed by atoms with van der Waals surface area (Å²) in [6.07, 6.45) is -0.453. The average Bonchev–Trinajstić information content (AvgIpc) is 3.44. The SMILES string of the molecule is CNC(=O)/C=C/COC(=O)NCCOc1ccc(/C(=C(/CC(F)(F)F)c2ccccc2)c2ccc3c(c2)c(F)nn3C2CCCCO2)cn1. The fourth-order valence-electron chi connectivity index (χ4n) is 5.42. The van der Waals surface area contributed by atoms with Gasteiger partial charge < -0.3 is 24.8 Å². The molecular formula is C35H35F4N5O5. The molecule has 0 radical (unpaired) electrons. The molecule has 0 saturated carbocycles. The number of carbonyl (C=O) groups is 2. The zero-order valence-electron chi connectivity index (χ0n) is 26.6. The molecule has 2 aromatic carbocycles. The molecule has 14 heteroatoms. The van der Waals surface area contributed by atoms with Gasteiger partial charge in [-0.15, -0.1) is 5.10 Å². The first kappa shape index (κ1) is 35.1. The van der Waals surface area contributed by atoms with Crippen LogP contribution in [0.3, 0.4) is 0 Å². The van der Waals surface area contributed by atoms with Crippen molar-refractivity contribution in [2.24, 2.45) is 0 Å². The number of pyridine rings is 1. The molecule has 0 bridgehead atoms. The van der Waals surface area contributed by atoms with Crippen LogP contribution in [0, 0.1) is 5.95 Å². The van der Waals surface area contributed by atoms with Gasteiger partial charge in [0.1, 0.15) is 13.2 Å². The number of nitrogens with zero attached hydrogens (tertiary/aromatic N) is 3. The third-order valence-electron chi connectivity index (χ3n) is 7.65. The molecule has 0 aliphatic carbocycles. The van der Waals surface area contributed by atoms with E-state index in [4.69, 9.17) is 14.2 Å².